The predicted octanol–water partition coefficient (Wildman–Crippen LogP) is 0.233. The molecule has 0 fully saturated rings. The molecule has 0 aliphatic rings. The van der Waals surface area contributed by atoms with Gasteiger partial charge in [-0.3, -0.25) is 0 Å². The Morgan fingerprint density at radius 1 is 1.46 bits per heavy atom. The predicted molar refractivity (Wildman–Crippen MR) is 41.2 cm³/mol. The molecule has 0 unspecified atom stereocenters. The van der Waals surface area contributed by atoms with Gasteiger partial charge in [0.1, 0.15) is 6.61 Å². The minimum Gasteiger partial charge on any atom is -0.546 e. The van der Waals surface area contributed by atoms with Crippen LogP contribution in [0.2, 0.25) is 0 Å². The molecule has 0 aliphatic heterocycles. The Kier molecular flexibility index (Phi) is 10.9. The molecule has 0 saturated heterocycles. The zero-order chi connectivity index (χ0) is 10.7. The average Bonchev–Trinajstić information content (AvgIpc) is 1.99. The average molecular weight is 191 g/mol. The van der Waals surface area contributed by atoms with Gasteiger partial charge in [-0.25, -0.2) is 4.79 Å². The van der Waals surface area contributed by atoms with E-state index in [1.165, 1.54) is 0 Å². The summed E-state index contributed by atoms with van der Waals surface area (Å²) in [4.78, 5) is 19.1. The summed E-state index contributed by atoms with van der Waals surface area (Å²) >= 11 is 0. The van der Waals surface area contributed by atoms with E-state index in [0.717, 1.165) is 0 Å². The quantitative estimate of drug-likeness (QED) is 0.389. The first-order valence-electron chi connectivity index (χ1n) is 3.31. The Morgan fingerprint density at radius 3 is 2.15 bits per heavy atom. The number of carbonyl (C=O) groups excluding carboxylic acids is 1. The minimum absolute atomic E-state index is 0.316. The lowest BCUT2D eigenvalue weighted by Gasteiger charge is -2.05. The van der Waals surface area contributed by atoms with Crippen LogP contribution in [-0.4, -0.2) is 30.6 Å². The van der Waals surface area contributed by atoms with Crippen LogP contribution in [0.15, 0.2) is 12.7 Å². The molecule has 0 aromatic heterocycles. The maximum atomic E-state index is 9.60. The molecular formula is C7H11O6-. The van der Waals surface area contributed by atoms with Crippen LogP contribution < -0.4 is 5.11 Å². The van der Waals surface area contributed by atoms with Crippen LogP contribution in [0, 0.1) is 0 Å². The molecule has 76 valence electrons. The number of allylic oxidation sites excluding steroid dienone is 1. The highest BCUT2D eigenvalue weighted by Crippen LogP contribution is 1.77. The maximum Gasteiger partial charge on any atom is 0.505 e. The second-order valence-electron chi connectivity index (χ2n) is 1.62. The van der Waals surface area contributed by atoms with Gasteiger partial charge in [-0.2, -0.15) is 0 Å². The van der Waals surface area contributed by atoms with E-state index in [4.69, 9.17) is 5.11 Å². The van der Waals surface area contributed by atoms with Gasteiger partial charge in [0.15, 0.2) is 0 Å². The lowest BCUT2D eigenvalue weighted by Crippen LogP contribution is -2.25. The second-order valence-corrected chi connectivity index (χ2v) is 1.62. The van der Waals surface area contributed by atoms with Crippen molar-refractivity contribution in [2.45, 2.75) is 6.92 Å². The van der Waals surface area contributed by atoms with Gasteiger partial charge in [0.25, 0.3) is 6.16 Å². The van der Waals surface area contributed by atoms with E-state index in [2.05, 4.69) is 16.1 Å². The third-order valence-electron chi connectivity index (χ3n) is 0.529. The highest BCUT2D eigenvalue weighted by Gasteiger charge is 1.93. The smallest absolute Gasteiger partial charge is 0.505 e. The van der Waals surface area contributed by atoms with E-state index in [1.807, 2.05) is 6.92 Å². The Hall–Kier alpha value is -1.72. The van der Waals surface area contributed by atoms with Crippen molar-refractivity contribution in [1.29, 1.82) is 0 Å². The number of ether oxygens (including phenoxy) is 2. The third-order valence-corrected chi connectivity index (χ3v) is 0.529. The highest BCUT2D eigenvalue weighted by atomic mass is 16.7. The maximum absolute atomic E-state index is 9.60. The molecule has 0 atom stereocenters. The van der Waals surface area contributed by atoms with Crippen molar-refractivity contribution in [2.75, 3.05) is 13.2 Å². The molecule has 1 N–H and O–H groups in total. The topological polar surface area (TPSA) is 95.9 Å². The molecule has 6 nitrogen and oxygen atoms in total. The molecular weight excluding hydrogens is 180 g/mol. The summed E-state index contributed by atoms with van der Waals surface area (Å²) in [5.74, 6) is 0. The summed E-state index contributed by atoms with van der Waals surface area (Å²) < 4.78 is 7.70. The third kappa shape index (κ3) is 25.3. The minimum atomic E-state index is -1.70. The van der Waals surface area contributed by atoms with Gasteiger partial charge in [0.2, 0.25) is 0 Å². The van der Waals surface area contributed by atoms with Gasteiger partial charge in [-0.15, -0.1) is 6.58 Å². The van der Waals surface area contributed by atoms with Crippen LogP contribution in [0.4, 0.5) is 9.59 Å². The number of carboxylic acid groups (broad SMARTS) is 2. The molecule has 0 spiro atoms. The van der Waals surface area contributed by atoms with Crippen LogP contribution in [-0.2, 0) is 9.47 Å². The van der Waals surface area contributed by atoms with Crippen LogP contribution in [0.3, 0.4) is 0 Å². The summed E-state index contributed by atoms with van der Waals surface area (Å²) in [6.45, 7) is 4.60. The molecule has 0 radical (unpaired) electrons. The molecule has 6 heteroatoms. The van der Waals surface area contributed by atoms with Crippen LogP contribution >= 0.6 is 0 Å². The number of hydrogen-bond donors (Lipinski definition) is 1. The number of hydrogen-bond acceptors (Lipinski definition) is 5. The molecule has 0 amide bonds. The van der Waals surface area contributed by atoms with Crippen molar-refractivity contribution in [3.63, 3.8) is 0 Å². The molecule has 0 bridgehead atoms. The first-order valence-corrected chi connectivity index (χ1v) is 3.31. The fourth-order valence-electron chi connectivity index (χ4n) is 0.254. The summed E-state index contributed by atoms with van der Waals surface area (Å²) in [6.07, 6.45) is -1.42. The molecule has 0 aromatic rings. The highest BCUT2D eigenvalue weighted by molar-refractivity contribution is 5.56. The van der Waals surface area contributed by atoms with Crippen LogP contribution in [0.1, 0.15) is 6.92 Å². The monoisotopic (exact) mass is 191 g/mol. The van der Waals surface area contributed by atoms with Gasteiger partial charge in [-0.1, -0.05) is 6.08 Å². The van der Waals surface area contributed by atoms with E-state index in [-0.39, 0.29) is 13.2 Å². The van der Waals surface area contributed by atoms with E-state index in [0.29, 0.717) is 0 Å². The lowest BCUT2D eigenvalue weighted by atomic mass is 10.8. The van der Waals surface area contributed by atoms with Crippen molar-refractivity contribution >= 4 is 12.3 Å². The second kappa shape index (κ2) is 10.3. The Balaban J connectivity index is 0. The van der Waals surface area contributed by atoms with Gasteiger partial charge in [0, 0.05) is 0 Å². The van der Waals surface area contributed by atoms with Gasteiger partial charge >= 0.3 is 6.16 Å². The Bertz CT molecular complexity index is 148. The number of rotatable bonds is 3. The summed E-state index contributed by atoms with van der Waals surface area (Å²) in [6, 6.07) is 0. The first kappa shape index (κ1) is 13.8. The van der Waals surface area contributed by atoms with Gasteiger partial charge < -0.3 is 24.5 Å². The molecule has 13 heavy (non-hydrogen) atoms. The van der Waals surface area contributed by atoms with Crippen molar-refractivity contribution < 1.29 is 29.3 Å². The van der Waals surface area contributed by atoms with Crippen molar-refractivity contribution in [2.24, 2.45) is 0 Å². The van der Waals surface area contributed by atoms with Crippen LogP contribution in [0.25, 0.3) is 0 Å². The SMILES string of the molecule is C=CC.O=C([O-])OCCOC(=O)O. The van der Waals surface area contributed by atoms with Gasteiger partial charge in [-0.05, 0) is 6.92 Å². The van der Waals surface area contributed by atoms with E-state index in [9.17, 15) is 14.7 Å². The fourth-order valence-corrected chi connectivity index (χ4v) is 0.254. The summed E-state index contributed by atoms with van der Waals surface area (Å²) in [5, 5.41) is 17.3. The largest absolute Gasteiger partial charge is 0.546 e. The fraction of sp³-hybridized carbons (Fsp3) is 0.429. The summed E-state index contributed by atoms with van der Waals surface area (Å²) in [7, 11) is 0. The molecule has 0 saturated carbocycles. The van der Waals surface area contributed by atoms with E-state index >= 15 is 0 Å². The first-order chi connectivity index (χ1) is 6.04. The zero-order valence-corrected chi connectivity index (χ0v) is 7.19. The molecule has 0 rings (SSSR count). The van der Waals surface area contributed by atoms with Crippen LogP contribution in [0.5, 0.6) is 0 Å². The molecule has 0 aliphatic carbocycles. The Labute approximate surface area is 75.4 Å². The van der Waals surface area contributed by atoms with Crippen molar-refractivity contribution in [1.82, 2.24) is 0 Å². The van der Waals surface area contributed by atoms with Crippen molar-refractivity contribution in [3.8, 4) is 0 Å². The summed E-state index contributed by atoms with van der Waals surface area (Å²) in [5.41, 5.74) is 0. The zero-order valence-electron chi connectivity index (χ0n) is 7.19. The standard InChI is InChI=1S/C4H6O6.C3H6/c5-3(6)9-1-2-10-4(7)8;1-3-2/h1-2H2,(H,5,6)(H,7,8);3H,1H2,2H3/p-1. The molecule has 0 aromatic carbocycles. The Morgan fingerprint density at radius 2 is 1.85 bits per heavy atom. The van der Waals surface area contributed by atoms with E-state index < -0.39 is 12.3 Å². The van der Waals surface area contributed by atoms with Crippen molar-refractivity contribution in [3.05, 3.63) is 12.7 Å². The normalized spacial score (nSPS) is 7.46. The van der Waals surface area contributed by atoms with E-state index in [1.54, 1.807) is 6.08 Å². The molecule has 0 heterocycles. The number of carbonyl (C=O) groups is 2. The van der Waals surface area contributed by atoms with Gasteiger partial charge in [0.05, 0.1) is 6.61 Å². The lowest BCUT2D eigenvalue weighted by molar-refractivity contribution is -0.283.